The van der Waals surface area contributed by atoms with Gasteiger partial charge in [-0.05, 0) is 24.1 Å². The number of hydrogen-bond donors (Lipinski definition) is 1. The van der Waals surface area contributed by atoms with E-state index in [1.807, 2.05) is 10.8 Å². The Morgan fingerprint density at radius 3 is 2.72 bits per heavy atom. The fourth-order valence-corrected chi connectivity index (χ4v) is 2.40. The molecule has 0 aliphatic carbocycles. The van der Waals surface area contributed by atoms with E-state index in [1.165, 1.54) is 5.56 Å². The van der Waals surface area contributed by atoms with Gasteiger partial charge in [0.1, 0.15) is 0 Å². The van der Waals surface area contributed by atoms with Crippen molar-refractivity contribution in [2.24, 2.45) is 0 Å². The van der Waals surface area contributed by atoms with Crippen LogP contribution in [0.5, 0.6) is 0 Å². The van der Waals surface area contributed by atoms with E-state index in [0.717, 1.165) is 31.7 Å². The average Bonchev–Trinajstić information content (AvgIpc) is 3.02. The van der Waals surface area contributed by atoms with Crippen LogP contribution in [-0.2, 0) is 6.54 Å². The summed E-state index contributed by atoms with van der Waals surface area (Å²) in [4.78, 5) is 6.33. The summed E-state index contributed by atoms with van der Waals surface area (Å²) in [6.07, 6.45) is 6.26. The van der Waals surface area contributed by atoms with Gasteiger partial charge in [0.15, 0.2) is 0 Å². The van der Waals surface area contributed by atoms with Crippen LogP contribution < -0.4 is 0 Å². The number of hydrogen-bond acceptors (Lipinski definition) is 3. The lowest BCUT2D eigenvalue weighted by atomic mass is 10.2. The smallest absolute Gasteiger partial charge is 0.0991 e. The van der Waals surface area contributed by atoms with Gasteiger partial charge in [-0.25, -0.2) is 4.98 Å². The molecule has 1 aromatic carbocycles. The molecule has 3 rings (SSSR count). The number of aromatic nitrogens is 2. The van der Waals surface area contributed by atoms with Crippen LogP contribution in [0.3, 0.4) is 0 Å². The molecule has 0 radical (unpaired) electrons. The van der Waals surface area contributed by atoms with Crippen molar-refractivity contribution in [1.29, 1.82) is 0 Å². The molecule has 0 bridgehead atoms. The Labute approximate surface area is 107 Å². The Hall–Kier alpha value is -1.65. The van der Waals surface area contributed by atoms with Gasteiger partial charge < -0.3 is 9.67 Å². The summed E-state index contributed by atoms with van der Waals surface area (Å²) in [5.74, 6) is 0. The zero-order valence-corrected chi connectivity index (χ0v) is 10.2. The Morgan fingerprint density at radius 2 is 2.11 bits per heavy atom. The van der Waals surface area contributed by atoms with E-state index >= 15 is 0 Å². The minimum Gasteiger partial charge on any atom is -0.392 e. The predicted molar refractivity (Wildman–Crippen MR) is 69.5 cm³/mol. The molecule has 0 amide bonds. The number of aliphatic hydroxyl groups is 1. The summed E-state index contributed by atoms with van der Waals surface area (Å²) in [5, 5.41) is 9.49. The minimum absolute atomic E-state index is 0.143. The Balaban J connectivity index is 1.68. The standard InChI is InChI=1S/C14H17N3O/c18-14-5-7-16(10-14)9-12-1-3-13(4-2-12)17-8-6-15-11-17/h1-4,6,8,11,14,18H,5,7,9-10H2. The third-order valence-corrected chi connectivity index (χ3v) is 3.39. The first-order valence-corrected chi connectivity index (χ1v) is 6.29. The highest BCUT2D eigenvalue weighted by atomic mass is 16.3. The second-order valence-electron chi connectivity index (χ2n) is 4.81. The minimum atomic E-state index is -0.143. The molecule has 94 valence electrons. The van der Waals surface area contributed by atoms with Crippen LogP contribution in [-0.4, -0.2) is 38.8 Å². The van der Waals surface area contributed by atoms with Gasteiger partial charge in [0.05, 0.1) is 12.4 Å². The summed E-state index contributed by atoms with van der Waals surface area (Å²) >= 11 is 0. The van der Waals surface area contributed by atoms with Crippen LogP contribution in [0.2, 0.25) is 0 Å². The molecule has 1 aliphatic rings. The molecule has 1 atom stereocenters. The number of nitrogens with zero attached hydrogens (tertiary/aromatic N) is 3. The molecule has 1 fully saturated rings. The van der Waals surface area contributed by atoms with E-state index in [-0.39, 0.29) is 6.10 Å². The van der Waals surface area contributed by atoms with Gasteiger partial charge in [-0.2, -0.15) is 0 Å². The first-order valence-electron chi connectivity index (χ1n) is 6.29. The summed E-state index contributed by atoms with van der Waals surface area (Å²) in [5.41, 5.74) is 2.41. The van der Waals surface area contributed by atoms with Crippen molar-refractivity contribution >= 4 is 0 Å². The molecule has 1 aromatic heterocycles. The number of benzene rings is 1. The molecule has 18 heavy (non-hydrogen) atoms. The highest BCUT2D eigenvalue weighted by molar-refractivity contribution is 5.34. The van der Waals surface area contributed by atoms with E-state index in [9.17, 15) is 5.11 Å². The van der Waals surface area contributed by atoms with Crippen molar-refractivity contribution in [3.63, 3.8) is 0 Å². The largest absolute Gasteiger partial charge is 0.392 e. The normalized spacial score (nSPS) is 20.4. The molecule has 0 spiro atoms. The van der Waals surface area contributed by atoms with Crippen molar-refractivity contribution in [3.8, 4) is 5.69 Å². The van der Waals surface area contributed by atoms with Gasteiger partial charge in [0.25, 0.3) is 0 Å². The predicted octanol–water partition coefficient (Wildman–Crippen LogP) is 1.44. The topological polar surface area (TPSA) is 41.3 Å². The van der Waals surface area contributed by atoms with E-state index in [1.54, 1.807) is 12.5 Å². The molecular weight excluding hydrogens is 226 g/mol. The summed E-state index contributed by atoms with van der Waals surface area (Å²) in [6, 6.07) is 8.48. The maximum absolute atomic E-state index is 9.49. The van der Waals surface area contributed by atoms with Crippen molar-refractivity contribution < 1.29 is 5.11 Å². The maximum Gasteiger partial charge on any atom is 0.0991 e. The van der Waals surface area contributed by atoms with Crippen LogP contribution in [0.25, 0.3) is 5.69 Å². The van der Waals surface area contributed by atoms with Crippen molar-refractivity contribution in [2.75, 3.05) is 13.1 Å². The first kappa shape index (κ1) is 11.4. The zero-order valence-electron chi connectivity index (χ0n) is 10.2. The fraction of sp³-hybridized carbons (Fsp3) is 0.357. The van der Waals surface area contributed by atoms with Gasteiger partial charge in [-0.15, -0.1) is 0 Å². The average molecular weight is 243 g/mol. The molecule has 0 saturated carbocycles. The number of rotatable bonds is 3. The van der Waals surface area contributed by atoms with Crippen molar-refractivity contribution in [1.82, 2.24) is 14.5 Å². The molecule has 2 aromatic rings. The summed E-state index contributed by atoms with van der Waals surface area (Å²) in [6.45, 7) is 2.70. The first-order chi connectivity index (χ1) is 8.81. The van der Waals surface area contributed by atoms with Gasteiger partial charge in [0, 0.05) is 37.7 Å². The quantitative estimate of drug-likeness (QED) is 0.887. The lowest BCUT2D eigenvalue weighted by Crippen LogP contribution is -2.21. The lowest BCUT2D eigenvalue weighted by molar-refractivity contribution is 0.175. The third kappa shape index (κ3) is 2.44. The second kappa shape index (κ2) is 4.92. The van der Waals surface area contributed by atoms with E-state index < -0.39 is 0 Å². The van der Waals surface area contributed by atoms with Crippen LogP contribution >= 0.6 is 0 Å². The number of aliphatic hydroxyl groups excluding tert-OH is 1. The molecule has 2 heterocycles. The number of β-amino-alcohol motifs (C(OH)–C–C–N with tert-alkyl or cyclic N) is 1. The molecule has 1 saturated heterocycles. The summed E-state index contributed by atoms with van der Waals surface area (Å²) in [7, 11) is 0. The lowest BCUT2D eigenvalue weighted by Gasteiger charge is -2.15. The van der Waals surface area contributed by atoms with Crippen LogP contribution in [0, 0.1) is 0 Å². The van der Waals surface area contributed by atoms with Gasteiger partial charge in [-0.1, -0.05) is 12.1 Å². The highest BCUT2D eigenvalue weighted by Crippen LogP contribution is 2.15. The highest BCUT2D eigenvalue weighted by Gasteiger charge is 2.19. The SMILES string of the molecule is OC1CCN(Cc2ccc(-n3ccnc3)cc2)C1. The number of imidazole rings is 1. The second-order valence-corrected chi connectivity index (χ2v) is 4.81. The molecule has 4 nitrogen and oxygen atoms in total. The van der Waals surface area contributed by atoms with E-state index in [0.29, 0.717) is 0 Å². The molecule has 1 unspecified atom stereocenters. The zero-order chi connectivity index (χ0) is 12.4. The monoisotopic (exact) mass is 243 g/mol. The Bertz CT molecular complexity index is 492. The van der Waals surface area contributed by atoms with Crippen LogP contribution in [0.15, 0.2) is 43.0 Å². The van der Waals surface area contributed by atoms with Gasteiger partial charge in [0.2, 0.25) is 0 Å². The molecule has 1 aliphatic heterocycles. The molecule has 4 heteroatoms. The Morgan fingerprint density at radius 1 is 1.28 bits per heavy atom. The van der Waals surface area contributed by atoms with Crippen LogP contribution in [0.4, 0.5) is 0 Å². The summed E-state index contributed by atoms with van der Waals surface area (Å²) < 4.78 is 1.99. The van der Waals surface area contributed by atoms with Crippen molar-refractivity contribution in [2.45, 2.75) is 19.1 Å². The van der Waals surface area contributed by atoms with Crippen molar-refractivity contribution in [3.05, 3.63) is 48.5 Å². The third-order valence-electron chi connectivity index (χ3n) is 3.39. The van der Waals surface area contributed by atoms with Crippen LogP contribution in [0.1, 0.15) is 12.0 Å². The number of likely N-dealkylation sites (tertiary alicyclic amines) is 1. The van der Waals surface area contributed by atoms with E-state index in [4.69, 9.17) is 0 Å². The molecular formula is C14H17N3O. The molecule has 1 N–H and O–H groups in total. The fourth-order valence-electron chi connectivity index (χ4n) is 2.40. The van der Waals surface area contributed by atoms with E-state index in [2.05, 4.69) is 34.1 Å². The maximum atomic E-state index is 9.49. The van der Waals surface area contributed by atoms with Gasteiger partial charge >= 0.3 is 0 Å². The van der Waals surface area contributed by atoms with Gasteiger partial charge in [-0.3, -0.25) is 4.90 Å². The Kier molecular flexibility index (Phi) is 3.13.